The Morgan fingerprint density at radius 1 is 1.45 bits per heavy atom. The third-order valence-electron chi connectivity index (χ3n) is 3.28. The lowest BCUT2D eigenvalue weighted by Crippen LogP contribution is -2.56. The van der Waals surface area contributed by atoms with E-state index in [1.807, 2.05) is 20.8 Å². The second kappa shape index (κ2) is 6.07. The quantitative estimate of drug-likeness (QED) is 0.851. The molecule has 0 bridgehead atoms. The molecule has 6 heteroatoms. The van der Waals surface area contributed by atoms with Crippen molar-refractivity contribution in [3.63, 3.8) is 0 Å². The molecule has 1 aliphatic rings. The van der Waals surface area contributed by atoms with Gasteiger partial charge in [0.25, 0.3) is 0 Å². The molecule has 1 aromatic rings. The van der Waals surface area contributed by atoms with E-state index >= 15 is 0 Å². The number of aromatic nitrogens is 2. The van der Waals surface area contributed by atoms with E-state index in [9.17, 15) is 4.79 Å². The molecule has 20 heavy (non-hydrogen) atoms. The van der Waals surface area contributed by atoms with Gasteiger partial charge in [0.1, 0.15) is 6.33 Å². The molecule has 1 aromatic heterocycles. The first-order valence-corrected chi connectivity index (χ1v) is 6.94. The van der Waals surface area contributed by atoms with Crippen LogP contribution >= 0.6 is 0 Å². The average Bonchev–Trinajstić information content (AvgIpc) is 2.39. The Labute approximate surface area is 119 Å². The fourth-order valence-electron chi connectivity index (χ4n) is 2.31. The summed E-state index contributed by atoms with van der Waals surface area (Å²) in [5, 5.41) is 0. The molecule has 1 unspecified atom stereocenters. The summed E-state index contributed by atoms with van der Waals surface area (Å²) < 4.78 is 11.2. The molecule has 0 N–H and O–H groups in total. The fraction of sp³-hybridized carbons (Fsp3) is 0.643. The Morgan fingerprint density at radius 2 is 2.25 bits per heavy atom. The van der Waals surface area contributed by atoms with Crippen molar-refractivity contribution in [2.45, 2.75) is 51.9 Å². The number of amides is 1. The van der Waals surface area contributed by atoms with E-state index in [1.54, 1.807) is 17.2 Å². The van der Waals surface area contributed by atoms with Crippen LogP contribution in [0.25, 0.3) is 0 Å². The Bertz CT molecular complexity index is 452. The molecular weight excluding hydrogens is 258 g/mol. The molecule has 0 spiro atoms. The Hall–Kier alpha value is -1.85. The largest absolute Gasteiger partial charge is 0.451 e. The maximum atomic E-state index is 12.2. The maximum Gasteiger partial charge on any atom is 0.413 e. The number of carbonyl (C=O) groups is 1. The monoisotopic (exact) mass is 279 g/mol. The van der Waals surface area contributed by atoms with Gasteiger partial charge >= 0.3 is 6.09 Å². The third-order valence-corrected chi connectivity index (χ3v) is 3.28. The lowest BCUT2D eigenvalue weighted by molar-refractivity contribution is -0.0901. The standard InChI is InChI=1S/C14H21N3O3/c1-11(2)19-13(18)17-9-5-4-7-14(17,3)20-12-6-8-15-10-16-12/h6,8,10-11H,4-5,7,9H2,1-3H3. The van der Waals surface area contributed by atoms with Crippen LogP contribution in [0.4, 0.5) is 4.79 Å². The Balaban J connectivity index is 2.14. The number of nitrogens with zero attached hydrogens (tertiary/aromatic N) is 3. The Kier molecular flexibility index (Phi) is 4.42. The van der Waals surface area contributed by atoms with Crippen molar-refractivity contribution in [1.29, 1.82) is 0 Å². The van der Waals surface area contributed by atoms with E-state index in [1.165, 1.54) is 6.33 Å². The molecule has 0 aliphatic carbocycles. The lowest BCUT2D eigenvalue weighted by atomic mass is 10.0. The highest BCUT2D eigenvalue weighted by molar-refractivity contribution is 5.68. The zero-order chi connectivity index (χ0) is 14.6. The van der Waals surface area contributed by atoms with Crippen LogP contribution in [-0.4, -0.2) is 39.3 Å². The van der Waals surface area contributed by atoms with Crippen LogP contribution in [0, 0.1) is 0 Å². The van der Waals surface area contributed by atoms with Gasteiger partial charge in [0.05, 0.1) is 6.10 Å². The van der Waals surface area contributed by atoms with Gasteiger partial charge in [-0.05, 0) is 33.6 Å². The summed E-state index contributed by atoms with van der Waals surface area (Å²) in [6, 6.07) is 1.69. The van der Waals surface area contributed by atoms with E-state index in [-0.39, 0.29) is 12.2 Å². The number of likely N-dealkylation sites (tertiary alicyclic amines) is 1. The van der Waals surface area contributed by atoms with Gasteiger partial charge in [0.2, 0.25) is 5.88 Å². The average molecular weight is 279 g/mol. The van der Waals surface area contributed by atoms with Gasteiger partial charge in [-0.2, -0.15) is 0 Å². The summed E-state index contributed by atoms with van der Waals surface area (Å²) in [5.41, 5.74) is -0.724. The van der Waals surface area contributed by atoms with Crippen LogP contribution < -0.4 is 4.74 Å². The summed E-state index contributed by atoms with van der Waals surface area (Å²) >= 11 is 0. The topological polar surface area (TPSA) is 64.5 Å². The van der Waals surface area contributed by atoms with Crippen molar-refractivity contribution >= 4 is 6.09 Å². The first-order valence-electron chi connectivity index (χ1n) is 6.94. The number of piperidine rings is 1. The van der Waals surface area contributed by atoms with Gasteiger partial charge < -0.3 is 9.47 Å². The van der Waals surface area contributed by atoms with Gasteiger partial charge in [-0.25, -0.2) is 14.8 Å². The highest BCUT2D eigenvalue weighted by atomic mass is 16.6. The SMILES string of the molecule is CC(C)OC(=O)N1CCCCC1(C)Oc1ccncn1. The smallest absolute Gasteiger partial charge is 0.413 e. The van der Waals surface area contributed by atoms with Crippen molar-refractivity contribution < 1.29 is 14.3 Å². The predicted molar refractivity (Wildman–Crippen MR) is 73.2 cm³/mol. The molecule has 1 atom stereocenters. The van der Waals surface area contributed by atoms with Gasteiger partial charge in [0.15, 0.2) is 5.72 Å². The molecule has 2 rings (SSSR count). The van der Waals surface area contributed by atoms with E-state index in [2.05, 4.69) is 9.97 Å². The van der Waals surface area contributed by atoms with Crippen LogP contribution in [0.1, 0.15) is 40.0 Å². The highest BCUT2D eigenvalue weighted by Crippen LogP contribution is 2.30. The number of rotatable bonds is 3. The molecule has 0 saturated carbocycles. The lowest BCUT2D eigenvalue weighted by Gasteiger charge is -2.43. The number of carbonyl (C=O) groups excluding carboxylic acids is 1. The summed E-state index contributed by atoms with van der Waals surface area (Å²) in [6.07, 6.45) is 5.28. The minimum absolute atomic E-state index is 0.146. The molecular formula is C14H21N3O3. The van der Waals surface area contributed by atoms with Gasteiger partial charge in [-0.3, -0.25) is 4.90 Å². The second-order valence-corrected chi connectivity index (χ2v) is 5.37. The van der Waals surface area contributed by atoms with E-state index in [4.69, 9.17) is 9.47 Å². The van der Waals surface area contributed by atoms with Crippen LogP contribution in [-0.2, 0) is 4.74 Å². The second-order valence-electron chi connectivity index (χ2n) is 5.37. The molecule has 0 radical (unpaired) electrons. The van der Waals surface area contributed by atoms with Crippen LogP contribution in [0.3, 0.4) is 0 Å². The van der Waals surface area contributed by atoms with Gasteiger partial charge in [-0.1, -0.05) is 0 Å². The van der Waals surface area contributed by atoms with E-state index in [0.29, 0.717) is 12.4 Å². The van der Waals surface area contributed by atoms with Crippen LogP contribution in [0.15, 0.2) is 18.6 Å². The van der Waals surface area contributed by atoms with Gasteiger partial charge in [0, 0.05) is 25.2 Å². The van der Waals surface area contributed by atoms with Crippen molar-refractivity contribution in [3.05, 3.63) is 18.6 Å². The van der Waals surface area contributed by atoms with Crippen molar-refractivity contribution in [2.75, 3.05) is 6.54 Å². The summed E-state index contributed by atoms with van der Waals surface area (Å²) in [5.74, 6) is 0.465. The van der Waals surface area contributed by atoms with E-state index < -0.39 is 5.72 Å². The predicted octanol–water partition coefficient (Wildman–Crippen LogP) is 2.60. The van der Waals surface area contributed by atoms with Crippen molar-refractivity contribution in [3.8, 4) is 5.88 Å². The molecule has 1 fully saturated rings. The number of hydrogen-bond donors (Lipinski definition) is 0. The summed E-state index contributed by atoms with van der Waals surface area (Å²) in [4.78, 5) is 21.8. The highest BCUT2D eigenvalue weighted by Gasteiger charge is 2.41. The molecule has 0 aromatic carbocycles. The summed E-state index contributed by atoms with van der Waals surface area (Å²) in [6.45, 7) is 6.21. The molecule has 6 nitrogen and oxygen atoms in total. The van der Waals surface area contributed by atoms with E-state index in [0.717, 1.165) is 19.3 Å². The molecule has 2 heterocycles. The number of ether oxygens (including phenoxy) is 2. The first kappa shape index (κ1) is 14.6. The molecule has 1 amide bonds. The van der Waals surface area contributed by atoms with Crippen LogP contribution in [0.2, 0.25) is 0 Å². The summed E-state index contributed by atoms with van der Waals surface area (Å²) in [7, 11) is 0. The number of hydrogen-bond acceptors (Lipinski definition) is 5. The first-order chi connectivity index (χ1) is 9.51. The molecule has 1 aliphatic heterocycles. The minimum atomic E-state index is -0.724. The van der Waals surface area contributed by atoms with Crippen molar-refractivity contribution in [1.82, 2.24) is 14.9 Å². The zero-order valence-corrected chi connectivity index (χ0v) is 12.2. The maximum absolute atomic E-state index is 12.2. The zero-order valence-electron chi connectivity index (χ0n) is 12.2. The molecule has 110 valence electrons. The molecule has 1 saturated heterocycles. The van der Waals surface area contributed by atoms with Crippen molar-refractivity contribution in [2.24, 2.45) is 0 Å². The normalized spacial score (nSPS) is 22.7. The fourth-order valence-corrected chi connectivity index (χ4v) is 2.31. The third kappa shape index (κ3) is 3.37. The Morgan fingerprint density at radius 3 is 2.90 bits per heavy atom. The van der Waals surface area contributed by atoms with Gasteiger partial charge in [-0.15, -0.1) is 0 Å². The minimum Gasteiger partial charge on any atom is -0.451 e. The van der Waals surface area contributed by atoms with Crippen LogP contribution in [0.5, 0.6) is 5.88 Å².